The predicted octanol–water partition coefficient (Wildman–Crippen LogP) is 1.67. The van der Waals surface area contributed by atoms with Crippen molar-refractivity contribution in [1.29, 1.82) is 0 Å². The minimum absolute atomic E-state index is 0.137. The highest BCUT2D eigenvalue weighted by atomic mass is 35.5. The molecule has 1 rings (SSSR count). The van der Waals surface area contributed by atoms with Gasteiger partial charge in [-0.2, -0.15) is 0 Å². The fourth-order valence-electron chi connectivity index (χ4n) is 1.33. The van der Waals surface area contributed by atoms with Crippen LogP contribution >= 0.6 is 11.6 Å². The van der Waals surface area contributed by atoms with E-state index >= 15 is 0 Å². The molecule has 6 heteroatoms. The average Bonchev–Trinajstić information content (AvgIpc) is 2.37. The lowest BCUT2D eigenvalue weighted by molar-refractivity contribution is -0.116. The van der Waals surface area contributed by atoms with E-state index in [1.54, 1.807) is 19.2 Å². The molecule has 0 aliphatic carbocycles. The molecule has 0 radical (unpaired) electrons. The Labute approximate surface area is 110 Å². The number of esters is 1. The first-order chi connectivity index (χ1) is 8.58. The zero-order valence-electron chi connectivity index (χ0n) is 10.2. The summed E-state index contributed by atoms with van der Waals surface area (Å²) >= 11 is 5.87. The number of rotatable bonds is 5. The minimum atomic E-state index is -0.536. The molecule has 0 heterocycles. The molecule has 0 aliphatic rings. The predicted molar refractivity (Wildman–Crippen MR) is 70.0 cm³/mol. The second-order valence-electron chi connectivity index (χ2n) is 3.59. The van der Waals surface area contributed by atoms with Gasteiger partial charge in [0.25, 0.3) is 0 Å². The van der Waals surface area contributed by atoms with Crippen molar-refractivity contribution in [3.63, 3.8) is 0 Å². The van der Waals surface area contributed by atoms with Crippen molar-refractivity contribution in [3.05, 3.63) is 28.8 Å². The maximum absolute atomic E-state index is 11.5. The molecule has 0 fully saturated rings. The van der Waals surface area contributed by atoms with E-state index in [1.807, 2.05) is 0 Å². The van der Waals surface area contributed by atoms with Crippen LogP contribution in [0, 0.1) is 0 Å². The Hall–Kier alpha value is -1.59. The molecule has 0 unspecified atom stereocenters. The first kappa shape index (κ1) is 14.5. The van der Waals surface area contributed by atoms with Crippen LogP contribution in [0.15, 0.2) is 18.2 Å². The largest absolute Gasteiger partial charge is 0.465 e. The van der Waals surface area contributed by atoms with Crippen molar-refractivity contribution < 1.29 is 14.3 Å². The summed E-state index contributed by atoms with van der Waals surface area (Å²) in [5.41, 5.74) is 0.742. The molecule has 0 saturated carbocycles. The molecular weight excluding hydrogens is 256 g/mol. The van der Waals surface area contributed by atoms with Crippen molar-refractivity contribution in [2.24, 2.45) is 0 Å². The van der Waals surface area contributed by atoms with E-state index in [0.29, 0.717) is 18.7 Å². The summed E-state index contributed by atoms with van der Waals surface area (Å²) in [5, 5.41) is 5.84. The molecule has 5 nitrogen and oxygen atoms in total. The molecule has 0 saturated heterocycles. The second-order valence-corrected chi connectivity index (χ2v) is 4.00. The van der Waals surface area contributed by atoms with Gasteiger partial charge < -0.3 is 15.4 Å². The second kappa shape index (κ2) is 6.98. The van der Waals surface area contributed by atoms with Gasteiger partial charge >= 0.3 is 5.97 Å². The van der Waals surface area contributed by atoms with E-state index in [4.69, 9.17) is 11.6 Å². The van der Waals surface area contributed by atoms with E-state index in [0.717, 1.165) is 0 Å². The normalized spacial score (nSPS) is 9.94. The molecule has 0 aromatic heterocycles. The van der Waals surface area contributed by atoms with Gasteiger partial charge in [0, 0.05) is 18.7 Å². The monoisotopic (exact) mass is 270 g/mol. The van der Waals surface area contributed by atoms with E-state index < -0.39 is 5.97 Å². The van der Waals surface area contributed by atoms with Crippen LogP contribution in [0.3, 0.4) is 0 Å². The van der Waals surface area contributed by atoms with Gasteiger partial charge in [-0.1, -0.05) is 11.6 Å². The van der Waals surface area contributed by atoms with Gasteiger partial charge in [-0.3, -0.25) is 4.79 Å². The van der Waals surface area contributed by atoms with Crippen LogP contribution in [0.25, 0.3) is 0 Å². The van der Waals surface area contributed by atoms with Gasteiger partial charge in [0.15, 0.2) is 0 Å². The fraction of sp³-hybridized carbons (Fsp3) is 0.333. The molecule has 0 atom stereocenters. The Morgan fingerprint density at radius 2 is 2.11 bits per heavy atom. The molecule has 1 aromatic carbocycles. The SMILES string of the molecule is CNCCC(=O)Nc1ccc(Cl)c(C(=O)OC)c1. The number of anilines is 1. The van der Waals surface area contributed by atoms with Crippen molar-refractivity contribution in [1.82, 2.24) is 5.32 Å². The van der Waals surface area contributed by atoms with Crippen LogP contribution in [0.5, 0.6) is 0 Å². The van der Waals surface area contributed by atoms with Crippen molar-refractivity contribution >= 4 is 29.2 Å². The molecule has 0 aliphatic heterocycles. The quantitative estimate of drug-likeness (QED) is 0.799. The standard InChI is InChI=1S/C12H15ClN2O3/c1-14-6-5-11(16)15-8-3-4-10(13)9(7-8)12(17)18-2/h3-4,7,14H,5-6H2,1-2H3,(H,15,16). The highest BCUT2D eigenvalue weighted by molar-refractivity contribution is 6.33. The van der Waals surface area contributed by atoms with Crippen LogP contribution < -0.4 is 10.6 Å². The molecule has 0 spiro atoms. The van der Waals surface area contributed by atoms with Crippen molar-refractivity contribution in [2.75, 3.05) is 26.0 Å². The van der Waals surface area contributed by atoms with E-state index in [2.05, 4.69) is 15.4 Å². The number of hydrogen-bond acceptors (Lipinski definition) is 4. The molecule has 1 amide bonds. The highest BCUT2D eigenvalue weighted by Crippen LogP contribution is 2.21. The number of amides is 1. The zero-order chi connectivity index (χ0) is 13.5. The Bertz CT molecular complexity index is 449. The molecule has 2 N–H and O–H groups in total. The maximum Gasteiger partial charge on any atom is 0.339 e. The summed E-state index contributed by atoms with van der Waals surface area (Å²) < 4.78 is 4.60. The van der Waals surface area contributed by atoms with E-state index in [1.165, 1.54) is 13.2 Å². The highest BCUT2D eigenvalue weighted by Gasteiger charge is 2.12. The van der Waals surface area contributed by atoms with Crippen LogP contribution in [0.1, 0.15) is 16.8 Å². The first-order valence-corrected chi connectivity index (χ1v) is 5.78. The molecule has 1 aromatic rings. The lowest BCUT2D eigenvalue weighted by atomic mass is 10.2. The number of hydrogen-bond donors (Lipinski definition) is 2. The lowest BCUT2D eigenvalue weighted by Crippen LogP contribution is -2.19. The smallest absolute Gasteiger partial charge is 0.339 e. The van der Waals surface area contributed by atoms with Gasteiger partial charge in [0.2, 0.25) is 5.91 Å². The summed E-state index contributed by atoms with van der Waals surface area (Å²) in [5.74, 6) is -0.672. The third kappa shape index (κ3) is 4.01. The van der Waals surface area contributed by atoms with Gasteiger partial charge in [0.1, 0.15) is 0 Å². The maximum atomic E-state index is 11.5. The third-order valence-corrected chi connectivity index (χ3v) is 2.59. The Morgan fingerprint density at radius 1 is 1.39 bits per heavy atom. The summed E-state index contributed by atoms with van der Waals surface area (Å²) in [7, 11) is 3.04. The van der Waals surface area contributed by atoms with Crippen LogP contribution in [0.2, 0.25) is 5.02 Å². The fourth-order valence-corrected chi connectivity index (χ4v) is 1.53. The number of carbonyl (C=O) groups is 2. The topological polar surface area (TPSA) is 67.4 Å². The molecule has 98 valence electrons. The van der Waals surface area contributed by atoms with Crippen LogP contribution in [-0.4, -0.2) is 32.6 Å². The van der Waals surface area contributed by atoms with Crippen LogP contribution in [0.4, 0.5) is 5.69 Å². The van der Waals surface area contributed by atoms with Crippen LogP contribution in [-0.2, 0) is 9.53 Å². The molecular formula is C12H15ClN2O3. The summed E-state index contributed by atoms with van der Waals surface area (Å²) in [6.45, 7) is 0.587. The lowest BCUT2D eigenvalue weighted by Gasteiger charge is -2.08. The van der Waals surface area contributed by atoms with Crippen molar-refractivity contribution in [2.45, 2.75) is 6.42 Å². The number of ether oxygens (including phenoxy) is 1. The number of benzene rings is 1. The molecule has 0 bridgehead atoms. The van der Waals surface area contributed by atoms with Crippen molar-refractivity contribution in [3.8, 4) is 0 Å². The van der Waals surface area contributed by atoms with E-state index in [9.17, 15) is 9.59 Å². The Balaban J connectivity index is 2.79. The number of halogens is 1. The third-order valence-electron chi connectivity index (χ3n) is 2.26. The zero-order valence-corrected chi connectivity index (χ0v) is 11.0. The van der Waals surface area contributed by atoms with E-state index in [-0.39, 0.29) is 16.5 Å². The summed E-state index contributed by atoms with van der Waals surface area (Å²) in [6.07, 6.45) is 0.354. The van der Waals surface area contributed by atoms with Gasteiger partial charge in [-0.25, -0.2) is 4.79 Å². The number of methoxy groups -OCH3 is 1. The number of carbonyl (C=O) groups excluding carboxylic acids is 2. The Kier molecular flexibility index (Phi) is 5.61. The first-order valence-electron chi connectivity index (χ1n) is 5.40. The van der Waals surface area contributed by atoms with Gasteiger partial charge in [-0.05, 0) is 25.2 Å². The molecule has 18 heavy (non-hydrogen) atoms. The summed E-state index contributed by atoms with van der Waals surface area (Å²) in [4.78, 5) is 22.9. The Morgan fingerprint density at radius 3 is 2.72 bits per heavy atom. The number of nitrogens with one attached hydrogen (secondary N) is 2. The minimum Gasteiger partial charge on any atom is -0.465 e. The average molecular weight is 271 g/mol. The summed E-state index contributed by atoms with van der Waals surface area (Å²) in [6, 6.07) is 4.67. The van der Waals surface area contributed by atoms with Gasteiger partial charge in [0.05, 0.1) is 17.7 Å². The van der Waals surface area contributed by atoms with Gasteiger partial charge in [-0.15, -0.1) is 0 Å².